The Morgan fingerprint density at radius 2 is 1.77 bits per heavy atom. The molecule has 122 valence electrons. The van der Waals surface area contributed by atoms with E-state index in [4.69, 9.17) is 38.0 Å². The molecule has 0 saturated heterocycles. The lowest BCUT2D eigenvalue weighted by Crippen LogP contribution is -2.41. The Balaban J connectivity index is 2.97. The second-order valence-electron chi connectivity index (χ2n) is 4.00. The highest BCUT2D eigenvalue weighted by Crippen LogP contribution is 2.31. The standard InChI is InChI=1S/C10H10Cl2N2O7S/c11-4-2-8(22(19,20)21)5(12)1-6(4)13-14-7(10(17)18)3-9(15)16/h1-2,7,13-14H,3H2,(H,15,16)(H,17,18)(H,19,20,21). The molecule has 0 fully saturated rings. The van der Waals surface area contributed by atoms with E-state index < -0.39 is 39.4 Å². The summed E-state index contributed by atoms with van der Waals surface area (Å²) in [5, 5.41) is 16.9. The van der Waals surface area contributed by atoms with Crippen molar-refractivity contribution in [3.05, 3.63) is 22.2 Å². The zero-order valence-electron chi connectivity index (χ0n) is 10.6. The topological polar surface area (TPSA) is 153 Å². The highest BCUT2D eigenvalue weighted by molar-refractivity contribution is 7.86. The molecular formula is C10H10Cl2N2O7S. The molecule has 5 N–H and O–H groups in total. The summed E-state index contributed by atoms with van der Waals surface area (Å²) in [4.78, 5) is 20.8. The third-order valence-corrected chi connectivity index (χ3v) is 3.99. The molecule has 22 heavy (non-hydrogen) atoms. The van der Waals surface area contributed by atoms with Crippen molar-refractivity contribution >= 4 is 50.9 Å². The van der Waals surface area contributed by atoms with Crippen molar-refractivity contribution in [3.8, 4) is 0 Å². The van der Waals surface area contributed by atoms with Crippen LogP contribution in [0.3, 0.4) is 0 Å². The van der Waals surface area contributed by atoms with Gasteiger partial charge in [-0.2, -0.15) is 8.42 Å². The van der Waals surface area contributed by atoms with Crippen LogP contribution in [0.15, 0.2) is 17.0 Å². The van der Waals surface area contributed by atoms with Gasteiger partial charge in [0.25, 0.3) is 10.1 Å². The van der Waals surface area contributed by atoms with Gasteiger partial charge >= 0.3 is 11.9 Å². The number of halogens is 2. The summed E-state index contributed by atoms with van der Waals surface area (Å²) in [5.74, 6) is -2.76. The molecule has 0 heterocycles. The van der Waals surface area contributed by atoms with Gasteiger partial charge in [0.15, 0.2) is 0 Å². The van der Waals surface area contributed by atoms with E-state index >= 15 is 0 Å². The summed E-state index contributed by atoms with van der Waals surface area (Å²) in [6, 6.07) is 0.421. The number of hydrogen-bond donors (Lipinski definition) is 5. The molecule has 1 unspecified atom stereocenters. The molecule has 0 spiro atoms. The van der Waals surface area contributed by atoms with Crippen LogP contribution in [0.5, 0.6) is 0 Å². The van der Waals surface area contributed by atoms with E-state index in [9.17, 15) is 18.0 Å². The summed E-state index contributed by atoms with van der Waals surface area (Å²) in [7, 11) is -4.57. The second kappa shape index (κ2) is 7.11. The van der Waals surface area contributed by atoms with Crippen molar-refractivity contribution < 1.29 is 32.8 Å². The lowest BCUT2D eigenvalue weighted by atomic mass is 10.2. The minimum atomic E-state index is -4.57. The monoisotopic (exact) mass is 372 g/mol. The van der Waals surface area contributed by atoms with Crippen LogP contribution in [0.25, 0.3) is 0 Å². The fourth-order valence-electron chi connectivity index (χ4n) is 1.36. The summed E-state index contributed by atoms with van der Waals surface area (Å²) in [6.07, 6.45) is -0.712. The number of carbonyl (C=O) groups is 2. The van der Waals surface area contributed by atoms with Crippen LogP contribution in [0.1, 0.15) is 6.42 Å². The van der Waals surface area contributed by atoms with Crippen molar-refractivity contribution in [2.75, 3.05) is 5.43 Å². The van der Waals surface area contributed by atoms with Crippen LogP contribution in [0.2, 0.25) is 10.0 Å². The first-order valence-corrected chi connectivity index (χ1v) is 7.64. The van der Waals surface area contributed by atoms with Gasteiger partial charge in [0.2, 0.25) is 0 Å². The number of aliphatic carboxylic acids is 2. The van der Waals surface area contributed by atoms with Gasteiger partial charge in [-0.3, -0.25) is 14.1 Å². The van der Waals surface area contributed by atoms with Crippen LogP contribution in [-0.2, 0) is 19.7 Å². The maximum absolute atomic E-state index is 11.0. The molecule has 0 radical (unpaired) electrons. The highest BCUT2D eigenvalue weighted by Gasteiger charge is 2.22. The first kappa shape index (κ1) is 18.5. The van der Waals surface area contributed by atoms with Crippen LogP contribution in [0, 0.1) is 0 Å². The summed E-state index contributed by atoms with van der Waals surface area (Å²) < 4.78 is 31.0. The van der Waals surface area contributed by atoms with Gasteiger partial charge in [0.05, 0.1) is 22.2 Å². The van der Waals surface area contributed by atoms with Gasteiger partial charge in [-0.15, -0.1) is 0 Å². The van der Waals surface area contributed by atoms with Crippen LogP contribution in [0.4, 0.5) is 5.69 Å². The second-order valence-corrected chi connectivity index (χ2v) is 6.20. The number of anilines is 1. The van der Waals surface area contributed by atoms with E-state index in [0.29, 0.717) is 0 Å². The minimum absolute atomic E-state index is 0.00398. The molecule has 12 heteroatoms. The Labute approximate surface area is 134 Å². The number of carboxylic acid groups (broad SMARTS) is 2. The Morgan fingerprint density at radius 1 is 1.18 bits per heavy atom. The van der Waals surface area contributed by atoms with Gasteiger partial charge < -0.3 is 15.6 Å². The van der Waals surface area contributed by atoms with Crippen molar-refractivity contribution in [2.24, 2.45) is 0 Å². The normalized spacial score (nSPS) is 12.7. The molecule has 1 aromatic carbocycles. The van der Waals surface area contributed by atoms with Crippen molar-refractivity contribution in [1.29, 1.82) is 0 Å². The smallest absolute Gasteiger partial charge is 0.323 e. The average Bonchev–Trinajstić information content (AvgIpc) is 2.35. The first-order valence-electron chi connectivity index (χ1n) is 5.45. The predicted molar refractivity (Wildman–Crippen MR) is 76.7 cm³/mol. The zero-order chi connectivity index (χ0) is 17.1. The van der Waals surface area contributed by atoms with E-state index in [0.717, 1.165) is 12.1 Å². The van der Waals surface area contributed by atoms with Crippen molar-refractivity contribution in [1.82, 2.24) is 5.43 Å². The largest absolute Gasteiger partial charge is 0.481 e. The van der Waals surface area contributed by atoms with E-state index in [-0.39, 0.29) is 15.7 Å². The van der Waals surface area contributed by atoms with Crippen LogP contribution >= 0.6 is 23.2 Å². The summed E-state index contributed by atoms with van der Waals surface area (Å²) in [6.45, 7) is 0. The molecule has 0 amide bonds. The zero-order valence-corrected chi connectivity index (χ0v) is 12.9. The molecule has 0 aliphatic rings. The fraction of sp³-hybridized carbons (Fsp3) is 0.200. The van der Waals surface area contributed by atoms with Crippen LogP contribution < -0.4 is 10.9 Å². The summed E-state index contributed by atoms with van der Waals surface area (Å²) >= 11 is 11.4. The molecule has 1 rings (SSSR count). The van der Waals surface area contributed by atoms with E-state index in [1.165, 1.54) is 0 Å². The third-order valence-electron chi connectivity index (χ3n) is 2.36. The number of benzene rings is 1. The molecule has 1 aromatic rings. The number of nitrogens with one attached hydrogen (secondary N) is 2. The highest BCUT2D eigenvalue weighted by atomic mass is 35.5. The van der Waals surface area contributed by atoms with E-state index in [2.05, 4.69) is 10.9 Å². The molecule has 0 aliphatic heterocycles. The molecule has 0 saturated carbocycles. The molecular weight excluding hydrogens is 363 g/mol. The van der Waals surface area contributed by atoms with E-state index in [1.807, 2.05) is 0 Å². The van der Waals surface area contributed by atoms with Gasteiger partial charge in [0, 0.05) is 0 Å². The van der Waals surface area contributed by atoms with Gasteiger partial charge in [-0.1, -0.05) is 23.2 Å². The molecule has 0 aliphatic carbocycles. The van der Waals surface area contributed by atoms with Gasteiger partial charge in [-0.05, 0) is 12.1 Å². The average molecular weight is 373 g/mol. The Morgan fingerprint density at radius 3 is 2.23 bits per heavy atom. The molecule has 1 atom stereocenters. The lowest BCUT2D eigenvalue weighted by molar-refractivity contribution is -0.145. The number of hydrogen-bond acceptors (Lipinski definition) is 6. The van der Waals surface area contributed by atoms with Gasteiger partial charge in [-0.25, -0.2) is 5.43 Å². The van der Waals surface area contributed by atoms with E-state index in [1.54, 1.807) is 0 Å². The first-order chi connectivity index (χ1) is 10.0. The number of carboxylic acids is 2. The maximum Gasteiger partial charge on any atom is 0.323 e. The lowest BCUT2D eigenvalue weighted by Gasteiger charge is -2.16. The number of hydrazine groups is 1. The molecule has 0 bridgehead atoms. The SMILES string of the molecule is O=C(O)CC(NNc1cc(Cl)c(S(=O)(=O)O)cc1Cl)C(=O)O. The maximum atomic E-state index is 11.0. The Kier molecular flexibility index (Phi) is 5.97. The minimum Gasteiger partial charge on any atom is -0.481 e. The molecule has 9 nitrogen and oxygen atoms in total. The number of rotatable bonds is 7. The third kappa shape index (κ3) is 5.00. The van der Waals surface area contributed by atoms with Gasteiger partial charge in [0.1, 0.15) is 10.9 Å². The summed E-state index contributed by atoms with van der Waals surface area (Å²) in [5.41, 5.74) is 4.54. The molecule has 0 aromatic heterocycles. The fourth-order valence-corrected chi connectivity index (χ4v) is 2.67. The Bertz CT molecular complexity index is 707. The quantitative estimate of drug-likeness (QED) is 0.349. The van der Waals surface area contributed by atoms with Crippen molar-refractivity contribution in [2.45, 2.75) is 17.4 Å². The van der Waals surface area contributed by atoms with Crippen molar-refractivity contribution in [3.63, 3.8) is 0 Å². The predicted octanol–water partition coefficient (Wildman–Crippen LogP) is 1.08. The van der Waals surface area contributed by atoms with Crippen LogP contribution in [-0.4, -0.2) is 41.2 Å². The Hall–Kier alpha value is -1.59.